The molecule has 2 unspecified atom stereocenters. The third-order valence-electron chi connectivity index (χ3n) is 6.52. The normalized spacial score (nSPS) is 12.8. The van der Waals surface area contributed by atoms with Crippen LogP contribution >= 0.6 is 0 Å². The summed E-state index contributed by atoms with van der Waals surface area (Å²) in [4.78, 5) is 42.1. The minimum Gasteiger partial charge on any atom is -0.444 e. The number of ether oxygens (including phenoxy) is 1. The molecule has 2 N–H and O–H groups in total. The molecule has 0 saturated heterocycles. The number of amides is 3. The number of aryl methyl sites for hydroxylation is 2. The fourth-order valence-corrected chi connectivity index (χ4v) is 4.78. The van der Waals surface area contributed by atoms with Crippen LogP contribution in [0.5, 0.6) is 0 Å². The molecule has 3 amide bonds. The topological polar surface area (TPSA) is 112 Å². The highest BCUT2D eigenvalue weighted by Crippen LogP contribution is 2.29. The Hall–Kier alpha value is -4.38. The first kappa shape index (κ1) is 31.2. The van der Waals surface area contributed by atoms with Gasteiger partial charge in [-0.1, -0.05) is 67.9 Å². The number of carbonyl (C=O) groups excluding carboxylic acids is 3. The molecular weight excluding hydrogens is 516 g/mol. The fourth-order valence-electron chi connectivity index (χ4n) is 4.78. The van der Waals surface area contributed by atoms with Crippen molar-refractivity contribution in [2.24, 2.45) is 5.92 Å². The Morgan fingerprint density at radius 3 is 2.27 bits per heavy atom. The van der Waals surface area contributed by atoms with E-state index in [0.29, 0.717) is 17.7 Å². The summed E-state index contributed by atoms with van der Waals surface area (Å²) in [5, 5.41) is 17.4. The largest absolute Gasteiger partial charge is 0.444 e. The van der Waals surface area contributed by atoms with E-state index < -0.39 is 35.6 Å². The summed E-state index contributed by atoms with van der Waals surface area (Å²) in [5.74, 6) is -0.963. The lowest BCUT2D eigenvalue weighted by atomic mass is 9.95. The predicted octanol–water partition coefficient (Wildman–Crippen LogP) is 6.43. The standard InChI is InChI=1S/C33H40N4O4/c1-21(2)18-28(36-32(40)41-33(5,6)7)31(39)37(17-16-34)29(27-15-12-22(3)19-23(27)4)30(38)35-26-14-13-24-10-8-9-11-25(24)20-26/h8-15,19-21,28-29H,17-18H2,1-7H3,(H,35,38)(H,36,40). The molecule has 0 spiro atoms. The quantitative estimate of drug-likeness (QED) is 0.295. The molecule has 0 aliphatic heterocycles. The number of rotatable bonds is 9. The van der Waals surface area contributed by atoms with E-state index in [0.717, 1.165) is 21.9 Å². The zero-order chi connectivity index (χ0) is 30.3. The van der Waals surface area contributed by atoms with Gasteiger partial charge in [0.25, 0.3) is 5.91 Å². The van der Waals surface area contributed by atoms with Gasteiger partial charge in [0.15, 0.2) is 0 Å². The summed E-state index contributed by atoms with van der Waals surface area (Å²) in [6.45, 7) is 12.5. The predicted molar refractivity (Wildman–Crippen MR) is 161 cm³/mol. The number of nitrogens with zero attached hydrogens (tertiary/aromatic N) is 2. The summed E-state index contributed by atoms with van der Waals surface area (Å²) < 4.78 is 5.41. The van der Waals surface area contributed by atoms with Crippen LogP contribution in [-0.2, 0) is 14.3 Å². The lowest BCUT2D eigenvalue weighted by Gasteiger charge is -2.34. The maximum absolute atomic E-state index is 14.1. The first-order chi connectivity index (χ1) is 19.3. The Balaban J connectivity index is 2.04. The first-order valence-corrected chi connectivity index (χ1v) is 13.8. The van der Waals surface area contributed by atoms with Crippen molar-refractivity contribution >= 4 is 34.4 Å². The van der Waals surface area contributed by atoms with Gasteiger partial charge in [-0.2, -0.15) is 5.26 Å². The molecule has 0 saturated carbocycles. The SMILES string of the molecule is Cc1ccc(C(C(=O)Nc2ccc3ccccc3c2)N(CC#N)C(=O)C(CC(C)C)NC(=O)OC(C)(C)C)c(C)c1. The van der Waals surface area contributed by atoms with E-state index >= 15 is 0 Å². The summed E-state index contributed by atoms with van der Waals surface area (Å²) in [6, 6.07) is 19.0. The smallest absolute Gasteiger partial charge is 0.408 e. The number of benzene rings is 3. The van der Waals surface area contributed by atoms with Crippen LogP contribution in [0.1, 0.15) is 63.8 Å². The van der Waals surface area contributed by atoms with Crippen molar-refractivity contribution in [2.45, 2.75) is 72.6 Å². The number of alkyl carbamates (subject to hydrolysis) is 1. The average Bonchev–Trinajstić information content (AvgIpc) is 2.87. The molecule has 0 bridgehead atoms. The van der Waals surface area contributed by atoms with Crippen LogP contribution in [0, 0.1) is 31.1 Å². The van der Waals surface area contributed by atoms with E-state index in [1.165, 1.54) is 4.90 Å². The van der Waals surface area contributed by atoms with Crippen molar-refractivity contribution < 1.29 is 19.1 Å². The maximum atomic E-state index is 14.1. The Labute approximate surface area is 242 Å². The van der Waals surface area contributed by atoms with Gasteiger partial charge in [0.2, 0.25) is 5.91 Å². The van der Waals surface area contributed by atoms with Crippen molar-refractivity contribution in [1.29, 1.82) is 5.26 Å². The maximum Gasteiger partial charge on any atom is 0.408 e. The molecule has 0 radical (unpaired) electrons. The second-order valence-corrected chi connectivity index (χ2v) is 11.8. The third kappa shape index (κ3) is 8.55. The molecule has 0 aliphatic rings. The van der Waals surface area contributed by atoms with E-state index in [2.05, 4.69) is 16.7 Å². The lowest BCUT2D eigenvalue weighted by Crippen LogP contribution is -2.53. The van der Waals surface area contributed by atoms with E-state index in [9.17, 15) is 19.6 Å². The number of fused-ring (bicyclic) bond motifs is 1. The van der Waals surface area contributed by atoms with Crippen molar-refractivity contribution in [2.75, 3.05) is 11.9 Å². The number of hydrogen-bond donors (Lipinski definition) is 2. The number of nitrogens with one attached hydrogen (secondary N) is 2. The molecule has 0 aliphatic carbocycles. The van der Waals surface area contributed by atoms with Crippen LogP contribution < -0.4 is 10.6 Å². The first-order valence-electron chi connectivity index (χ1n) is 13.8. The number of hydrogen-bond acceptors (Lipinski definition) is 5. The van der Waals surface area contributed by atoms with Gasteiger partial charge in [-0.3, -0.25) is 9.59 Å². The Kier molecular flexibility index (Phi) is 10.1. The van der Waals surface area contributed by atoms with Crippen LogP contribution in [0.2, 0.25) is 0 Å². The number of nitriles is 1. The summed E-state index contributed by atoms with van der Waals surface area (Å²) >= 11 is 0. The molecule has 216 valence electrons. The minimum atomic E-state index is -1.12. The molecule has 3 aromatic carbocycles. The van der Waals surface area contributed by atoms with Gasteiger partial charge in [0.1, 0.15) is 24.2 Å². The summed E-state index contributed by atoms with van der Waals surface area (Å²) in [7, 11) is 0. The molecule has 3 aromatic rings. The van der Waals surface area contributed by atoms with Gasteiger partial charge in [-0.05, 0) is 81.0 Å². The zero-order valence-electron chi connectivity index (χ0n) is 24.9. The molecule has 0 aromatic heterocycles. The molecule has 0 fully saturated rings. The van der Waals surface area contributed by atoms with E-state index in [4.69, 9.17) is 4.74 Å². The molecular formula is C33H40N4O4. The van der Waals surface area contributed by atoms with Crippen LogP contribution in [0.15, 0.2) is 60.7 Å². The summed E-state index contributed by atoms with van der Waals surface area (Å²) in [6.07, 6.45) is -0.441. The molecule has 0 heterocycles. The third-order valence-corrected chi connectivity index (χ3v) is 6.52. The molecule has 41 heavy (non-hydrogen) atoms. The Morgan fingerprint density at radius 2 is 1.66 bits per heavy atom. The highest BCUT2D eigenvalue weighted by molar-refractivity contribution is 6.00. The second kappa shape index (κ2) is 13.3. The number of carbonyl (C=O) groups is 3. The van der Waals surface area contributed by atoms with E-state index in [1.807, 2.05) is 82.3 Å². The monoisotopic (exact) mass is 556 g/mol. The van der Waals surface area contributed by atoms with Gasteiger partial charge in [0, 0.05) is 5.69 Å². The van der Waals surface area contributed by atoms with Crippen LogP contribution in [0.25, 0.3) is 10.8 Å². The van der Waals surface area contributed by atoms with Crippen molar-refractivity contribution in [3.05, 3.63) is 77.4 Å². The molecule has 3 rings (SSSR count). The van der Waals surface area contributed by atoms with Gasteiger partial charge >= 0.3 is 6.09 Å². The highest BCUT2D eigenvalue weighted by Gasteiger charge is 2.37. The van der Waals surface area contributed by atoms with Gasteiger partial charge in [-0.15, -0.1) is 0 Å². The second-order valence-electron chi connectivity index (χ2n) is 11.8. The molecule has 8 heteroatoms. The van der Waals surface area contributed by atoms with Crippen molar-refractivity contribution in [3.63, 3.8) is 0 Å². The van der Waals surface area contributed by atoms with Gasteiger partial charge in [0.05, 0.1) is 6.07 Å². The number of anilines is 1. The average molecular weight is 557 g/mol. The highest BCUT2D eigenvalue weighted by atomic mass is 16.6. The van der Waals surface area contributed by atoms with Gasteiger partial charge < -0.3 is 20.3 Å². The van der Waals surface area contributed by atoms with Crippen LogP contribution in [-0.4, -0.2) is 41.0 Å². The summed E-state index contributed by atoms with van der Waals surface area (Å²) in [5.41, 5.74) is 2.21. The Morgan fingerprint density at radius 1 is 0.976 bits per heavy atom. The zero-order valence-corrected chi connectivity index (χ0v) is 24.9. The molecule has 8 nitrogen and oxygen atoms in total. The minimum absolute atomic E-state index is 0.0359. The fraction of sp³-hybridized carbons (Fsp3) is 0.394. The van der Waals surface area contributed by atoms with Crippen molar-refractivity contribution in [1.82, 2.24) is 10.2 Å². The van der Waals surface area contributed by atoms with Crippen molar-refractivity contribution in [3.8, 4) is 6.07 Å². The van der Waals surface area contributed by atoms with E-state index in [1.54, 1.807) is 26.8 Å². The van der Waals surface area contributed by atoms with E-state index in [-0.39, 0.29) is 12.5 Å². The lowest BCUT2D eigenvalue weighted by molar-refractivity contribution is -0.140. The van der Waals surface area contributed by atoms with Gasteiger partial charge in [-0.25, -0.2) is 4.79 Å². The molecule has 2 atom stereocenters. The van der Waals surface area contributed by atoms with Crippen LogP contribution in [0.3, 0.4) is 0 Å². The Bertz CT molecular complexity index is 1450. The van der Waals surface area contributed by atoms with Crippen LogP contribution in [0.4, 0.5) is 10.5 Å².